The van der Waals surface area contributed by atoms with Gasteiger partial charge < -0.3 is 10.1 Å². The lowest BCUT2D eigenvalue weighted by Gasteiger charge is -2.38. The second-order valence-corrected chi connectivity index (χ2v) is 4.95. The van der Waals surface area contributed by atoms with E-state index in [1.807, 2.05) is 7.05 Å². The zero-order valence-corrected chi connectivity index (χ0v) is 10.7. The van der Waals surface area contributed by atoms with E-state index in [1.54, 1.807) is 6.07 Å². The van der Waals surface area contributed by atoms with Gasteiger partial charge in [-0.05, 0) is 37.6 Å². The molecule has 1 N–H and O–H groups in total. The van der Waals surface area contributed by atoms with Crippen molar-refractivity contribution in [1.29, 1.82) is 0 Å². The van der Waals surface area contributed by atoms with E-state index < -0.39 is 0 Å². The number of halogens is 2. The molecule has 1 aliphatic heterocycles. The molecule has 0 amide bonds. The van der Waals surface area contributed by atoms with E-state index in [0.717, 1.165) is 38.2 Å². The van der Waals surface area contributed by atoms with Gasteiger partial charge in [0.1, 0.15) is 5.82 Å². The number of hydrogen-bond donors (Lipinski definition) is 1. The van der Waals surface area contributed by atoms with Gasteiger partial charge in [-0.1, -0.05) is 17.7 Å². The van der Waals surface area contributed by atoms with Gasteiger partial charge in [0.05, 0.1) is 0 Å². The Balaban J connectivity index is 2.37. The number of nitrogens with one attached hydrogen (secondary N) is 1. The second kappa shape index (κ2) is 5.34. The third-order valence-electron chi connectivity index (χ3n) is 3.47. The Kier molecular flexibility index (Phi) is 4.02. The summed E-state index contributed by atoms with van der Waals surface area (Å²) < 4.78 is 18.5. The van der Waals surface area contributed by atoms with Crippen molar-refractivity contribution in [2.45, 2.75) is 18.3 Å². The fourth-order valence-electron chi connectivity index (χ4n) is 2.56. The van der Waals surface area contributed by atoms with Crippen LogP contribution in [0.2, 0.25) is 5.02 Å². The summed E-state index contributed by atoms with van der Waals surface area (Å²) in [6.07, 6.45) is 1.83. The first kappa shape index (κ1) is 12.8. The van der Waals surface area contributed by atoms with Crippen molar-refractivity contribution in [3.05, 3.63) is 34.6 Å². The molecule has 0 aliphatic carbocycles. The lowest BCUT2D eigenvalue weighted by Crippen LogP contribution is -2.42. The third kappa shape index (κ3) is 2.62. The Labute approximate surface area is 106 Å². The van der Waals surface area contributed by atoms with Crippen molar-refractivity contribution in [3.8, 4) is 0 Å². The summed E-state index contributed by atoms with van der Waals surface area (Å²) in [7, 11) is 1.93. The fourth-order valence-corrected chi connectivity index (χ4v) is 2.93. The van der Waals surface area contributed by atoms with Crippen LogP contribution >= 0.6 is 11.6 Å². The molecule has 0 atom stereocenters. The first-order valence-corrected chi connectivity index (χ1v) is 6.24. The zero-order valence-electron chi connectivity index (χ0n) is 9.93. The lowest BCUT2D eigenvalue weighted by atomic mass is 9.74. The van der Waals surface area contributed by atoms with Crippen molar-refractivity contribution in [1.82, 2.24) is 5.32 Å². The Morgan fingerprint density at radius 2 is 2.12 bits per heavy atom. The van der Waals surface area contributed by atoms with Gasteiger partial charge in [-0.15, -0.1) is 0 Å². The van der Waals surface area contributed by atoms with Crippen LogP contribution < -0.4 is 5.32 Å². The molecule has 17 heavy (non-hydrogen) atoms. The van der Waals surface area contributed by atoms with Crippen molar-refractivity contribution >= 4 is 11.6 Å². The van der Waals surface area contributed by atoms with Crippen LogP contribution in [0.4, 0.5) is 4.39 Å². The summed E-state index contributed by atoms with van der Waals surface area (Å²) in [5.74, 6) is -0.287. The van der Waals surface area contributed by atoms with Crippen LogP contribution in [0.15, 0.2) is 18.2 Å². The third-order valence-corrected chi connectivity index (χ3v) is 3.78. The van der Waals surface area contributed by atoms with E-state index in [4.69, 9.17) is 16.3 Å². The molecule has 0 radical (unpaired) electrons. The monoisotopic (exact) mass is 257 g/mol. The van der Waals surface area contributed by atoms with Gasteiger partial charge in [0.15, 0.2) is 0 Å². The van der Waals surface area contributed by atoms with E-state index in [-0.39, 0.29) is 11.2 Å². The summed E-state index contributed by atoms with van der Waals surface area (Å²) in [5, 5.41) is 3.73. The molecule has 1 heterocycles. The maximum Gasteiger partial charge on any atom is 0.124 e. The van der Waals surface area contributed by atoms with Gasteiger partial charge >= 0.3 is 0 Å². The minimum Gasteiger partial charge on any atom is -0.381 e. The Hall–Kier alpha value is -0.640. The summed E-state index contributed by atoms with van der Waals surface area (Å²) in [6, 6.07) is 4.68. The van der Waals surface area contributed by atoms with Gasteiger partial charge in [0.2, 0.25) is 0 Å². The van der Waals surface area contributed by atoms with E-state index in [2.05, 4.69) is 5.32 Å². The van der Waals surface area contributed by atoms with E-state index in [9.17, 15) is 4.39 Å². The summed E-state index contributed by atoms with van der Waals surface area (Å²) in [4.78, 5) is 0. The smallest absolute Gasteiger partial charge is 0.124 e. The van der Waals surface area contributed by atoms with Gasteiger partial charge in [-0.3, -0.25) is 0 Å². The van der Waals surface area contributed by atoms with E-state index >= 15 is 0 Å². The average molecular weight is 258 g/mol. The first-order chi connectivity index (χ1) is 8.18. The number of benzene rings is 1. The highest BCUT2D eigenvalue weighted by Gasteiger charge is 2.35. The number of likely N-dealkylation sites (N-methyl/N-ethyl adjacent to an activating group) is 1. The highest BCUT2D eigenvalue weighted by molar-refractivity contribution is 6.31. The first-order valence-electron chi connectivity index (χ1n) is 5.86. The molecule has 0 saturated carbocycles. The number of rotatable bonds is 3. The molecule has 2 rings (SSSR count). The molecular weight excluding hydrogens is 241 g/mol. The highest BCUT2D eigenvalue weighted by atomic mass is 35.5. The molecule has 94 valence electrons. The van der Waals surface area contributed by atoms with Crippen molar-refractivity contribution in [2.24, 2.45) is 0 Å². The van der Waals surface area contributed by atoms with Gasteiger partial charge in [-0.25, -0.2) is 4.39 Å². The number of hydrogen-bond acceptors (Lipinski definition) is 2. The molecular formula is C13H17ClFNO. The second-order valence-electron chi connectivity index (χ2n) is 4.55. The van der Waals surface area contributed by atoms with E-state index in [0.29, 0.717) is 5.02 Å². The zero-order chi connectivity index (χ0) is 12.3. The summed E-state index contributed by atoms with van der Waals surface area (Å²) >= 11 is 6.18. The predicted molar refractivity (Wildman–Crippen MR) is 67.1 cm³/mol. The quantitative estimate of drug-likeness (QED) is 0.899. The molecule has 1 fully saturated rings. The largest absolute Gasteiger partial charge is 0.381 e. The standard InChI is InChI=1S/C13H17ClFNO/c1-16-9-13(4-6-17-7-5-13)11-3-2-10(15)8-12(11)14/h2-3,8,16H,4-7,9H2,1H3. The van der Waals surface area contributed by atoms with Crippen molar-refractivity contribution in [2.75, 3.05) is 26.8 Å². The minimum atomic E-state index is -0.287. The Morgan fingerprint density at radius 1 is 1.41 bits per heavy atom. The highest BCUT2D eigenvalue weighted by Crippen LogP contribution is 2.38. The molecule has 0 aromatic heterocycles. The van der Waals surface area contributed by atoms with Crippen LogP contribution in [-0.4, -0.2) is 26.8 Å². The van der Waals surface area contributed by atoms with E-state index in [1.165, 1.54) is 12.1 Å². The van der Waals surface area contributed by atoms with Crippen LogP contribution in [0.1, 0.15) is 18.4 Å². The van der Waals surface area contributed by atoms with Gasteiger partial charge in [-0.2, -0.15) is 0 Å². The average Bonchev–Trinajstić information content (AvgIpc) is 2.30. The summed E-state index contributed by atoms with van der Waals surface area (Å²) in [5.41, 5.74) is 0.996. The maximum absolute atomic E-state index is 13.1. The molecule has 1 aliphatic rings. The van der Waals surface area contributed by atoms with Crippen LogP contribution in [0.25, 0.3) is 0 Å². The van der Waals surface area contributed by atoms with Crippen LogP contribution in [-0.2, 0) is 10.2 Å². The van der Waals surface area contributed by atoms with Gasteiger partial charge in [0.25, 0.3) is 0 Å². The molecule has 0 bridgehead atoms. The fraction of sp³-hybridized carbons (Fsp3) is 0.538. The molecule has 1 aromatic rings. The normalized spacial score (nSPS) is 19.2. The Bertz CT molecular complexity index is 385. The van der Waals surface area contributed by atoms with Gasteiger partial charge in [0, 0.05) is 30.2 Å². The number of ether oxygens (including phenoxy) is 1. The maximum atomic E-state index is 13.1. The molecule has 1 saturated heterocycles. The SMILES string of the molecule is CNCC1(c2ccc(F)cc2Cl)CCOCC1. The lowest BCUT2D eigenvalue weighted by molar-refractivity contribution is 0.0506. The molecule has 2 nitrogen and oxygen atoms in total. The Morgan fingerprint density at radius 3 is 2.71 bits per heavy atom. The summed E-state index contributed by atoms with van der Waals surface area (Å²) in [6.45, 7) is 2.30. The van der Waals surface area contributed by atoms with Crippen molar-refractivity contribution < 1.29 is 9.13 Å². The van der Waals surface area contributed by atoms with Crippen LogP contribution in [0, 0.1) is 5.82 Å². The molecule has 1 aromatic carbocycles. The minimum absolute atomic E-state index is 0.0300. The molecule has 0 spiro atoms. The van der Waals surface area contributed by atoms with Crippen molar-refractivity contribution in [3.63, 3.8) is 0 Å². The topological polar surface area (TPSA) is 21.3 Å². The predicted octanol–water partition coefficient (Wildman–Crippen LogP) is 2.75. The van der Waals surface area contributed by atoms with Crippen LogP contribution in [0.3, 0.4) is 0 Å². The molecule has 0 unspecified atom stereocenters. The molecule has 4 heteroatoms. The van der Waals surface area contributed by atoms with Crippen LogP contribution in [0.5, 0.6) is 0 Å².